The summed E-state index contributed by atoms with van der Waals surface area (Å²) in [6.45, 7) is 1.88. The molecule has 3 heterocycles. The van der Waals surface area contributed by atoms with E-state index in [0.717, 1.165) is 17.8 Å². The highest BCUT2D eigenvalue weighted by Crippen LogP contribution is 2.42. The summed E-state index contributed by atoms with van der Waals surface area (Å²) in [4.78, 5) is 25.8. The third kappa shape index (κ3) is 2.93. The highest BCUT2D eigenvalue weighted by Gasteiger charge is 2.28. The van der Waals surface area contributed by atoms with Crippen LogP contribution in [0.4, 0.5) is 5.13 Å². The van der Waals surface area contributed by atoms with E-state index in [9.17, 15) is 9.59 Å². The second kappa shape index (κ2) is 6.45. The molecule has 0 saturated heterocycles. The molecule has 0 unspecified atom stereocenters. The summed E-state index contributed by atoms with van der Waals surface area (Å²) in [5.41, 5.74) is 0.841. The smallest absolute Gasteiger partial charge is 0.268 e. The molecule has 8 nitrogen and oxygen atoms in total. The number of aryl methyl sites for hydroxylation is 1. The first-order chi connectivity index (χ1) is 13.6. The van der Waals surface area contributed by atoms with E-state index in [1.165, 1.54) is 15.9 Å². The largest absolute Gasteiger partial charge is 0.454 e. The van der Waals surface area contributed by atoms with E-state index in [4.69, 9.17) is 9.47 Å². The lowest BCUT2D eigenvalue weighted by Gasteiger charge is -2.11. The van der Waals surface area contributed by atoms with Crippen molar-refractivity contribution in [2.75, 3.05) is 12.1 Å². The molecule has 1 N–H and O–H groups in total. The van der Waals surface area contributed by atoms with Crippen LogP contribution in [0.25, 0.3) is 5.69 Å². The number of hydrogen-bond donors (Lipinski definition) is 1. The maximum Gasteiger partial charge on any atom is 0.268 e. The number of rotatable bonds is 4. The average molecular weight is 396 g/mol. The Labute approximate surface area is 163 Å². The zero-order valence-corrected chi connectivity index (χ0v) is 15.8. The topological polar surface area (TPSA) is 95.3 Å². The number of hydrogen-bond acceptors (Lipinski definition) is 7. The quantitative estimate of drug-likeness (QED) is 0.729. The summed E-state index contributed by atoms with van der Waals surface area (Å²) < 4.78 is 12.1. The van der Waals surface area contributed by atoms with Crippen LogP contribution in [-0.4, -0.2) is 27.5 Å². The van der Waals surface area contributed by atoms with Gasteiger partial charge in [-0.05, 0) is 43.5 Å². The Hall–Kier alpha value is -3.20. The van der Waals surface area contributed by atoms with Crippen molar-refractivity contribution in [3.05, 3.63) is 57.0 Å². The monoisotopic (exact) mass is 396 g/mol. The predicted molar refractivity (Wildman–Crippen MR) is 103 cm³/mol. The van der Waals surface area contributed by atoms with E-state index in [2.05, 4.69) is 15.5 Å². The molecule has 0 radical (unpaired) electrons. The molecular weight excluding hydrogens is 380 g/mol. The van der Waals surface area contributed by atoms with E-state index in [0.29, 0.717) is 33.8 Å². The lowest BCUT2D eigenvalue weighted by Crippen LogP contribution is -2.29. The zero-order valence-electron chi connectivity index (χ0n) is 15.0. The average Bonchev–Trinajstić information content (AvgIpc) is 3.24. The van der Waals surface area contributed by atoms with Crippen LogP contribution in [0.15, 0.2) is 35.3 Å². The number of anilines is 1. The van der Waals surface area contributed by atoms with Gasteiger partial charge < -0.3 is 9.47 Å². The van der Waals surface area contributed by atoms with Gasteiger partial charge >= 0.3 is 0 Å². The lowest BCUT2D eigenvalue weighted by molar-refractivity contribution is 0.102. The number of carbonyl (C=O) groups is 1. The fraction of sp³-hybridized carbons (Fsp3) is 0.263. The van der Waals surface area contributed by atoms with Crippen LogP contribution in [0.5, 0.6) is 11.5 Å². The van der Waals surface area contributed by atoms with Crippen molar-refractivity contribution >= 4 is 22.4 Å². The maximum absolute atomic E-state index is 13.0. The number of aromatic nitrogens is 3. The van der Waals surface area contributed by atoms with E-state index < -0.39 is 11.5 Å². The molecule has 3 aromatic rings. The summed E-state index contributed by atoms with van der Waals surface area (Å²) in [6.07, 6.45) is 3.86. The summed E-state index contributed by atoms with van der Waals surface area (Å²) in [6, 6.07) is 6.94. The molecule has 1 aliphatic carbocycles. The molecule has 1 fully saturated rings. The SMILES string of the molecule is Cc1ccn(-c2ccc3c(c2)OCO3)c(=O)c1C(=O)Nc1nnc(C2CC2)s1. The van der Waals surface area contributed by atoms with Gasteiger partial charge in [-0.15, -0.1) is 10.2 Å². The van der Waals surface area contributed by atoms with Gasteiger partial charge in [-0.1, -0.05) is 11.3 Å². The molecule has 1 aromatic carbocycles. The highest BCUT2D eigenvalue weighted by molar-refractivity contribution is 7.15. The third-order valence-electron chi connectivity index (χ3n) is 4.75. The first kappa shape index (κ1) is 16.9. The molecule has 0 atom stereocenters. The van der Waals surface area contributed by atoms with Crippen molar-refractivity contribution in [1.29, 1.82) is 0 Å². The fourth-order valence-electron chi connectivity index (χ4n) is 3.08. The summed E-state index contributed by atoms with van der Waals surface area (Å²) in [7, 11) is 0. The Morgan fingerprint density at radius 2 is 2.04 bits per heavy atom. The molecule has 0 spiro atoms. The minimum atomic E-state index is -0.490. The molecule has 9 heteroatoms. The van der Waals surface area contributed by atoms with Crippen molar-refractivity contribution < 1.29 is 14.3 Å². The van der Waals surface area contributed by atoms with Gasteiger partial charge in [-0.3, -0.25) is 19.5 Å². The molecule has 0 bridgehead atoms. The molecular formula is C19H16N4O4S. The number of amides is 1. The zero-order chi connectivity index (χ0) is 19.3. The minimum Gasteiger partial charge on any atom is -0.454 e. The lowest BCUT2D eigenvalue weighted by atomic mass is 10.1. The van der Waals surface area contributed by atoms with Gasteiger partial charge in [0.05, 0.1) is 5.69 Å². The van der Waals surface area contributed by atoms with Crippen molar-refractivity contribution in [2.45, 2.75) is 25.7 Å². The van der Waals surface area contributed by atoms with E-state index in [-0.39, 0.29) is 12.4 Å². The van der Waals surface area contributed by atoms with Gasteiger partial charge in [-0.2, -0.15) is 0 Å². The molecule has 2 aromatic heterocycles. The predicted octanol–water partition coefficient (Wildman–Crippen LogP) is 2.86. The Bertz CT molecular complexity index is 1150. The third-order valence-corrected chi connectivity index (χ3v) is 5.75. The molecule has 1 amide bonds. The molecule has 1 saturated carbocycles. The Morgan fingerprint density at radius 1 is 1.21 bits per heavy atom. The Kier molecular flexibility index (Phi) is 3.90. The molecule has 5 rings (SSSR count). The Balaban J connectivity index is 1.48. The molecule has 2 aliphatic rings. The van der Waals surface area contributed by atoms with Crippen molar-refractivity contribution in [2.24, 2.45) is 0 Å². The van der Waals surface area contributed by atoms with Crippen LogP contribution in [0.1, 0.15) is 39.7 Å². The second-order valence-electron chi connectivity index (χ2n) is 6.76. The van der Waals surface area contributed by atoms with Crippen LogP contribution in [0, 0.1) is 6.92 Å². The van der Waals surface area contributed by atoms with E-state index >= 15 is 0 Å². The number of carbonyl (C=O) groups excluding carboxylic acids is 1. The first-order valence-electron chi connectivity index (χ1n) is 8.87. The van der Waals surface area contributed by atoms with Crippen molar-refractivity contribution in [1.82, 2.24) is 14.8 Å². The van der Waals surface area contributed by atoms with Crippen LogP contribution in [0.2, 0.25) is 0 Å². The normalized spacial score (nSPS) is 14.9. The van der Waals surface area contributed by atoms with Crippen LogP contribution >= 0.6 is 11.3 Å². The summed E-state index contributed by atoms with van der Waals surface area (Å²) in [5.74, 6) is 1.17. The number of nitrogens with one attached hydrogen (secondary N) is 1. The molecule has 28 heavy (non-hydrogen) atoms. The van der Waals surface area contributed by atoms with Gasteiger partial charge in [0.2, 0.25) is 11.9 Å². The van der Waals surface area contributed by atoms with E-state index in [1.807, 2.05) is 0 Å². The molecule has 1 aliphatic heterocycles. The van der Waals surface area contributed by atoms with Crippen molar-refractivity contribution in [3.8, 4) is 17.2 Å². The van der Waals surface area contributed by atoms with Crippen LogP contribution in [-0.2, 0) is 0 Å². The number of fused-ring (bicyclic) bond motifs is 1. The number of benzene rings is 1. The van der Waals surface area contributed by atoms with Gasteiger partial charge in [0.25, 0.3) is 11.5 Å². The first-order valence-corrected chi connectivity index (χ1v) is 9.69. The number of pyridine rings is 1. The second-order valence-corrected chi connectivity index (χ2v) is 7.77. The van der Waals surface area contributed by atoms with Crippen molar-refractivity contribution in [3.63, 3.8) is 0 Å². The summed E-state index contributed by atoms with van der Waals surface area (Å²) >= 11 is 1.36. The van der Waals surface area contributed by atoms with Gasteiger partial charge in [0.15, 0.2) is 11.5 Å². The van der Waals surface area contributed by atoms with Gasteiger partial charge in [0.1, 0.15) is 10.6 Å². The van der Waals surface area contributed by atoms with Gasteiger partial charge in [0, 0.05) is 18.2 Å². The number of ether oxygens (including phenoxy) is 2. The minimum absolute atomic E-state index is 0.0725. The van der Waals surface area contributed by atoms with Gasteiger partial charge in [-0.25, -0.2) is 0 Å². The fourth-order valence-corrected chi connectivity index (χ4v) is 3.99. The number of nitrogens with zero attached hydrogens (tertiary/aromatic N) is 3. The summed E-state index contributed by atoms with van der Waals surface area (Å²) in [5, 5.41) is 12.2. The Morgan fingerprint density at radius 3 is 2.86 bits per heavy atom. The highest BCUT2D eigenvalue weighted by atomic mass is 32.1. The molecule has 142 valence electrons. The van der Waals surface area contributed by atoms with Crippen LogP contribution in [0.3, 0.4) is 0 Å². The maximum atomic E-state index is 13.0. The van der Waals surface area contributed by atoms with E-state index in [1.54, 1.807) is 37.4 Å². The standard InChI is InChI=1S/C19H16N4O4S/c1-10-6-7-23(12-4-5-13-14(8-12)27-9-26-13)18(25)15(10)16(24)20-19-22-21-17(28-19)11-2-3-11/h4-8,11H,2-3,9H2,1H3,(H,20,22,24). The van der Waals surface area contributed by atoms with Crippen LogP contribution < -0.4 is 20.3 Å².